The van der Waals surface area contributed by atoms with E-state index in [-0.39, 0.29) is 37.5 Å². The maximum Gasteiger partial charge on any atom is 0.306 e. The Morgan fingerprint density at radius 3 is 1.03 bits per heavy atom. The van der Waals surface area contributed by atoms with Crippen molar-refractivity contribution in [2.75, 3.05) is 13.2 Å². The van der Waals surface area contributed by atoms with E-state index in [9.17, 15) is 14.4 Å². The lowest BCUT2D eigenvalue weighted by molar-refractivity contribution is -0.167. The number of allylic oxidation sites excluding steroid dienone is 16. The molecular formula is C57H94O6. The Morgan fingerprint density at radius 1 is 0.333 bits per heavy atom. The van der Waals surface area contributed by atoms with Crippen LogP contribution in [-0.2, 0) is 28.6 Å². The molecule has 0 saturated heterocycles. The molecule has 358 valence electrons. The van der Waals surface area contributed by atoms with Crippen molar-refractivity contribution in [2.24, 2.45) is 0 Å². The summed E-state index contributed by atoms with van der Waals surface area (Å²) in [5, 5.41) is 0. The predicted molar refractivity (Wildman–Crippen MR) is 270 cm³/mol. The van der Waals surface area contributed by atoms with E-state index in [1.54, 1.807) is 0 Å². The van der Waals surface area contributed by atoms with Gasteiger partial charge < -0.3 is 14.2 Å². The first-order valence-electron chi connectivity index (χ1n) is 25.7. The van der Waals surface area contributed by atoms with E-state index < -0.39 is 6.10 Å². The fourth-order valence-electron chi connectivity index (χ4n) is 6.71. The van der Waals surface area contributed by atoms with Gasteiger partial charge in [-0.2, -0.15) is 0 Å². The molecule has 0 unspecified atom stereocenters. The summed E-state index contributed by atoms with van der Waals surface area (Å²) in [6.45, 7) is 6.41. The molecule has 6 nitrogen and oxygen atoms in total. The molecule has 0 aromatic heterocycles. The molecule has 0 heterocycles. The molecule has 0 aromatic carbocycles. The molecule has 6 heteroatoms. The number of esters is 3. The lowest BCUT2D eigenvalue weighted by Crippen LogP contribution is -2.30. The van der Waals surface area contributed by atoms with Crippen LogP contribution in [-0.4, -0.2) is 37.2 Å². The second kappa shape index (κ2) is 51.0. The first-order valence-corrected chi connectivity index (χ1v) is 25.7. The van der Waals surface area contributed by atoms with Crippen LogP contribution in [0.25, 0.3) is 0 Å². The fourth-order valence-corrected chi connectivity index (χ4v) is 6.71. The van der Waals surface area contributed by atoms with Crippen molar-refractivity contribution in [2.45, 2.75) is 232 Å². The number of carbonyl (C=O) groups is 3. The molecule has 0 amide bonds. The first kappa shape index (κ1) is 59.3. The van der Waals surface area contributed by atoms with Crippen LogP contribution in [0.2, 0.25) is 0 Å². The van der Waals surface area contributed by atoms with Gasteiger partial charge >= 0.3 is 17.9 Å². The molecule has 0 spiro atoms. The molecular weight excluding hydrogens is 781 g/mol. The van der Waals surface area contributed by atoms with E-state index in [0.29, 0.717) is 19.3 Å². The van der Waals surface area contributed by atoms with Gasteiger partial charge in [-0.1, -0.05) is 201 Å². The highest BCUT2D eigenvalue weighted by molar-refractivity contribution is 5.71. The largest absolute Gasteiger partial charge is 0.462 e. The maximum atomic E-state index is 12.8. The number of carbonyl (C=O) groups excluding carboxylic acids is 3. The van der Waals surface area contributed by atoms with Gasteiger partial charge in [0, 0.05) is 19.3 Å². The minimum atomic E-state index is -0.811. The standard InChI is InChI=1S/C57H94O6/c1-4-7-10-13-16-19-22-24-26-27-28-29-31-32-35-38-41-44-47-50-56(59)62-53-54(52-61-55(58)49-46-43-40-37-34-21-18-15-12-9-6-3)63-57(60)51-48-45-42-39-36-33-30-25-23-20-17-14-11-8-5-2/h8,11,16-17,19-20,24-26,28-30,32,35-36,39,54H,4-7,9-10,12-15,18,21-23,27,31,33-34,37-38,40-53H2,1-3H3/b11-8-,19-16-,20-17-,26-24-,29-28-,30-25-,35-32-,39-36-/t54-/m0/s1. The zero-order valence-electron chi connectivity index (χ0n) is 40.8. The molecule has 0 bridgehead atoms. The second-order valence-corrected chi connectivity index (χ2v) is 16.7. The van der Waals surface area contributed by atoms with Crippen molar-refractivity contribution in [1.82, 2.24) is 0 Å². The van der Waals surface area contributed by atoms with E-state index in [1.165, 1.54) is 77.0 Å². The molecule has 0 aliphatic heterocycles. The zero-order chi connectivity index (χ0) is 45.8. The van der Waals surface area contributed by atoms with Crippen LogP contribution < -0.4 is 0 Å². The van der Waals surface area contributed by atoms with Gasteiger partial charge in [-0.25, -0.2) is 0 Å². The quantitative estimate of drug-likeness (QED) is 0.0262. The summed E-state index contributed by atoms with van der Waals surface area (Å²) >= 11 is 0. The summed E-state index contributed by atoms with van der Waals surface area (Å²) in [5.41, 5.74) is 0. The second-order valence-electron chi connectivity index (χ2n) is 16.7. The molecule has 0 rings (SSSR count). The van der Waals surface area contributed by atoms with Crippen LogP contribution in [0.3, 0.4) is 0 Å². The maximum absolute atomic E-state index is 12.8. The third kappa shape index (κ3) is 49.2. The molecule has 0 N–H and O–H groups in total. The number of hydrogen-bond donors (Lipinski definition) is 0. The topological polar surface area (TPSA) is 78.9 Å². The molecule has 0 fully saturated rings. The third-order valence-electron chi connectivity index (χ3n) is 10.6. The monoisotopic (exact) mass is 875 g/mol. The average molecular weight is 875 g/mol. The summed E-state index contributed by atoms with van der Waals surface area (Å²) < 4.78 is 16.7. The van der Waals surface area contributed by atoms with Crippen molar-refractivity contribution in [3.63, 3.8) is 0 Å². The van der Waals surface area contributed by atoms with E-state index in [1.807, 2.05) is 0 Å². The number of unbranched alkanes of at least 4 members (excludes halogenated alkanes) is 18. The van der Waals surface area contributed by atoms with Crippen molar-refractivity contribution in [3.8, 4) is 0 Å². The van der Waals surface area contributed by atoms with Gasteiger partial charge in [0.05, 0.1) is 0 Å². The summed E-state index contributed by atoms with van der Waals surface area (Å²) in [4.78, 5) is 37.9. The molecule has 0 aromatic rings. The van der Waals surface area contributed by atoms with Crippen molar-refractivity contribution < 1.29 is 28.6 Å². The van der Waals surface area contributed by atoms with Crippen LogP contribution in [0.1, 0.15) is 226 Å². The molecule has 0 aliphatic carbocycles. The fraction of sp³-hybridized carbons (Fsp3) is 0.667. The Hall–Kier alpha value is -3.67. The Kier molecular flexibility index (Phi) is 48.0. The lowest BCUT2D eigenvalue weighted by Gasteiger charge is -2.18. The van der Waals surface area contributed by atoms with Crippen LogP contribution in [0, 0.1) is 0 Å². The SMILES string of the molecule is CC/C=C\C/C=C\C/C=C\C/C=C\CCCCC(=O)O[C@H](COC(=O)CCCCC/C=C\C/C=C\C/C=C\C/C=C\CCCCC)COC(=O)CCCCCCCCCCCCC. The summed E-state index contributed by atoms with van der Waals surface area (Å²) in [7, 11) is 0. The molecule has 0 saturated carbocycles. The Labute approximate surface area is 387 Å². The number of hydrogen-bond acceptors (Lipinski definition) is 6. The van der Waals surface area contributed by atoms with Gasteiger partial charge in [-0.05, 0) is 103 Å². The Bertz CT molecular complexity index is 1280. The van der Waals surface area contributed by atoms with Crippen LogP contribution in [0.5, 0.6) is 0 Å². The van der Waals surface area contributed by atoms with E-state index in [0.717, 1.165) is 103 Å². The van der Waals surface area contributed by atoms with E-state index in [2.05, 4.69) is 118 Å². The molecule has 63 heavy (non-hydrogen) atoms. The van der Waals surface area contributed by atoms with Gasteiger partial charge in [0.15, 0.2) is 6.10 Å². The highest BCUT2D eigenvalue weighted by atomic mass is 16.6. The molecule has 0 radical (unpaired) electrons. The summed E-state index contributed by atoms with van der Waals surface area (Å²) in [6.07, 6.45) is 66.8. The number of rotatable bonds is 45. The number of ether oxygens (including phenoxy) is 3. The Morgan fingerprint density at radius 2 is 0.619 bits per heavy atom. The van der Waals surface area contributed by atoms with E-state index in [4.69, 9.17) is 14.2 Å². The Balaban J connectivity index is 4.49. The average Bonchev–Trinajstić information content (AvgIpc) is 3.28. The van der Waals surface area contributed by atoms with Crippen LogP contribution in [0.4, 0.5) is 0 Å². The highest BCUT2D eigenvalue weighted by Gasteiger charge is 2.19. The predicted octanol–water partition coefficient (Wildman–Crippen LogP) is 17.0. The minimum Gasteiger partial charge on any atom is -0.462 e. The first-order chi connectivity index (χ1) is 31.0. The third-order valence-corrected chi connectivity index (χ3v) is 10.6. The van der Waals surface area contributed by atoms with Crippen LogP contribution in [0.15, 0.2) is 97.2 Å². The molecule has 0 aliphatic rings. The van der Waals surface area contributed by atoms with Gasteiger partial charge in [0.25, 0.3) is 0 Å². The molecule has 1 atom stereocenters. The summed E-state index contributed by atoms with van der Waals surface area (Å²) in [5.74, 6) is -0.983. The van der Waals surface area contributed by atoms with Crippen molar-refractivity contribution in [1.29, 1.82) is 0 Å². The van der Waals surface area contributed by atoms with Gasteiger partial charge in [-0.3, -0.25) is 14.4 Å². The smallest absolute Gasteiger partial charge is 0.306 e. The lowest BCUT2D eigenvalue weighted by atomic mass is 10.1. The zero-order valence-corrected chi connectivity index (χ0v) is 40.8. The summed E-state index contributed by atoms with van der Waals surface area (Å²) in [6, 6.07) is 0. The normalized spacial score (nSPS) is 12.9. The van der Waals surface area contributed by atoms with Gasteiger partial charge in [0.2, 0.25) is 0 Å². The van der Waals surface area contributed by atoms with Crippen molar-refractivity contribution in [3.05, 3.63) is 97.2 Å². The van der Waals surface area contributed by atoms with Gasteiger partial charge in [-0.15, -0.1) is 0 Å². The van der Waals surface area contributed by atoms with E-state index >= 15 is 0 Å². The van der Waals surface area contributed by atoms with Crippen molar-refractivity contribution >= 4 is 17.9 Å². The van der Waals surface area contributed by atoms with Gasteiger partial charge in [0.1, 0.15) is 13.2 Å². The highest BCUT2D eigenvalue weighted by Crippen LogP contribution is 2.13. The van der Waals surface area contributed by atoms with Crippen LogP contribution >= 0.6 is 0 Å². The minimum absolute atomic E-state index is 0.104.